The van der Waals surface area contributed by atoms with Crippen molar-refractivity contribution in [1.29, 1.82) is 0 Å². The maximum Gasteiger partial charge on any atom is 0.0704 e. The first kappa shape index (κ1) is 14.1. The van der Waals surface area contributed by atoms with Gasteiger partial charge in [-0.3, -0.25) is 4.98 Å². The van der Waals surface area contributed by atoms with Crippen molar-refractivity contribution in [3.63, 3.8) is 0 Å². The Bertz CT molecular complexity index is 614. The summed E-state index contributed by atoms with van der Waals surface area (Å²) in [5.41, 5.74) is 3.85. The third-order valence-electron chi connectivity index (χ3n) is 3.92. The van der Waals surface area contributed by atoms with Gasteiger partial charge < -0.3 is 0 Å². The van der Waals surface area contributed by atoms with Crippen LogP contribution < -0.4 is 4.83 Å². The van der Waals surface area contributed by atoms with E-state index < -0.39 is 0 Å². The SMILES string of the molecule is ISNN=C1CCC(c2ccnc3ccccc23)CC1. The van der Waals surface area contributed by atoms with Gasteiger partial charge in [-0.15, -0.1) is 0 Å². The van der Waals surface area contributed by atoms with Gasteiger partial charge in [0.15, 0.2) is 0 Å². The number of hydrogen-bond acceptors (Lipinski definition) is 4. The summed E-state index contributed by atoms with van der Waals surface area (Å²) >= 11 is 2.20. The second-order valence-corrected chi connectivity index (χ2v) is 6.70. The number of halogens is 1. The fraction of sp³-hybridized carbons (Fsp3) is 0.333. The molecule has 1 fully saturated rings. The van der Waals surface area contributed by atoms with Crippen molar-refractivity contribution in [3.8, 4) is 0 Å². The van der Waals surface area contributed by atoms with Gasteiger partial charge in [0, 0.05) is 47.6 Å². The molecule has 0 bridgehead atoms. The summed E-state index contributed by atoms with van der Waals surface area (Å²) in [5, 5.41) is 5.71. The number of fused-ring (bicyclic) bond motifs is 1. The first-order chi connectivity index (χ1) is 9.88. The van der Waals surface area contributed by atoms with Crippen molar-refractivity contribution in [2.45, 2.75) is 31.6 Å². The molecule has 1 aliphatic carbocycles. The number of rotatable bonds is 3. The topological polar surface area (TPSA) is 37.3 Å². The fourth-order valence-electron chi connectivity index (χ4n) is 2.93. The lowest BCUT2D eigenvalue weighted by Crippen LogP contribution is -2.15. The Morgan fingerprint density at radius 3 is 2.80 bits per heavy atom. The highest BCUT2D eigenvalue weighted by Gasteiger charge is 2.21. The van der Waals surface area contributed by atoms with Crippen LogP contribution in [0.15, 0.2) is 41.6 Å². The summed E-state index contributed by atoms with van der Waals surface area (Å²) in [6, 6.07) is 10.6. The predicted octanol–water partition coefficient (Wildman–Crippen LogP) is 4.84. The Kier molecular flexibility index (Phi) is 4.77. The summed E-state index contributed by atoms with van der Waals surface area (Å²) in [7, 11) is 1.52. The van der Waals surface area contributed by atoms with Crippen LogP contribution in [-0.4, -0.2) is 10.7 Å². The minimum atomic E-state index is 0.633. The number of aromatic nitrogens is 1. The molecule has 1 aromatic carbocycles. The van der Waals surface area contributed by atoms with Crippen LogP contribution in [0, 0.1) is 0 Å². The van der Waals surface area contributed by atoms with Crippen molar-refractivity contribution in [3.05, 3.63) is 42.1 Å². The summed E-state index contributed by atoms with van der Waals surface area (Å²) in [5.74, 6) is 0.633. The number of pyridine rings is 1. The van der Waals surface area contributed by atoms with Gasteiger partial charge in [-0.2, -0.15) is 5.10 Å². The Labute approximate surface area is 135 Å². The molecule has 0 radical (unpaired) electrons. The van der Waals surface area contributed by atoms with Gasteiger partial charge >= 0.3 is 0 Å². The van der Waals surface area contributed by atoms with Crippen LogP contribution in [-0.2, 0) is 0 Å². The number of para-hydroxylation sites is 1. The summed E-state index contributed by atoms with van der Waals surface area (Å²) in [6.07, 6.45) is 6.48. The fourth-order valence-corrected chi connectivity index (χ4v) is 3.39. The van der Waals surface area contributed by atoms with Gasteiger partial charge in [0.2, 0.25) is 0 Å². The van der Waals surface area contributed by atoms with E-state index in [1.54, 1.807) is 0 Å². The summed E-state index contributed by atoms with van der Waals surface area (Å²) < 4.78 is 0. The van der Waals surface area contributed by atoms with Gasteiger partial charge in [0.1, 0.15) is 0 Å². The molecule has 2 aromatic rings. The highest BCUT2D eigenvalue weighted by molar-refractivity contribution is 14.2. The third kappa shape index (κ3) is 3.09. The number of nitrogens with zero attached hydrogens (tertiary/aromatic N) is 2. The van der Waals surface area contributed by atoms with Crippen LogP contribution in [0.4, 0.5) is 0 Å². The molecule has 0 atom stereocenters. The van der Waals surface area contributed by atoms with E-state index in [0.717, 1.165) is 18.4 Å². The molecule has 0 aliphatic heterocycles. The molecule has 3 nitrogen and oxygen atoms in total. The number of nitrogens with one attached hydrogen (secondary N) is 1. The lowest BCUT2D eigenvalue weighted by atomic mass is 9.82. The minimum absolute atomic E-state index is 0.633. The minimum Gasteiger partial charge on any atom is -0.256 e. The molecule has 0 amide bonds. The lowest BCUT2D eigenvalue weighted by Gasteiger charge is -2.24. The number of benzene rings is 1. The zero-order valence-electron chi connectivity index (χ0n) is 11.1. The van der Waals surface area contributed by atoms with Gasteiger partial charge in [0.25, 0.3) is 0 Å². The van der Waals surface area contributed by atoms with E-state index in [4.69, 9.17) is 0 Å². The van der Waals surface area contributed by atoms with Crippen LogP contribution in [0.2, 0.25) is 0 Å². The second kappa shape index (κ2) is 6.76. The Morgan fingerprint density at radius 2 is 2.00 bits per heavy atom. The zero-order chi connectivity index (χ0) is 13.8. The summed E-state index contributed by atoms with van der Waals surface area (Å²) in [6.45, 7) is 0. The van der Waals surface area contributed by atoms with Crippen LogP contribution in [0.1, 0.15) is 37.2 Å². The molecule has 1 N–H and O–H groups in total. The van der Waals surface area contributed by atoms with E-state index in [-0.39, 0.29) is 0 Å². The molecular weight excluding hydrogens is 381 g/mol. The molecule has 104 valence electrons. The van der Waals surface area contributed by atoms with Crippen molar-refractivity contribution in [1.82, 2.24) is 9.82 Å². The Morgan fingerprint density at radius 1 is 1.20 bits per heavy atom. The van der Waals surface area contributed by atoms with Crippen molar-refractivity contribution in [2.75, 3.05) is 0 Å². The van der Waals surface area contributed by atoms with E-state index in [0.29, 0.717) is 5.92 Å². The average molecular weight is 397 g/mol. The average Bonchev–Trinajstić information content (AvgIpc) is 2.53. The third-order valence-corrected chi connectivity index (χ3v) is 4.67. The normalized spacial score (nSPS) is 19.1. The Balaban J connectivity index is 1.80. The second-order valence-electron chi connectivity index (χ2n) is 5.04. The molecule has 0 spiro atoms. The highest BCUT2D eigenvalue weighted by atomic mass is 127. The molecule has 3 rings (SSSR count). The van der Waals surface area contributed by atoms with Crippen LogP contribution in [0.3, 0.4) is 0 Å². The molecule has 1 aliphatic rings. The standard InChI is InChI=1S/C15H16IN3S/c16-20-19-18-12-7-5-11(6-8-12)13-9-10-17-15-4-2-1-3-14(13)15/h1-4,9-11,19H,5-8H2. The molecule has 1 aromatic heterocycles. The Hall–Kier alpha value is -0.820. The highest BCUT2D eigenvalue weighted by Crippen LogP contribution is 2.35. The van der Waals surface area contributed by atoms with Gasteiger partial charge in [-0.05, 0) is 49.3 Å². The van der Waals surface area contributed by atoms with Crippen LogP contribution in [0.25, 0.3) is 10.9 Å². The molecule has 0 saturated heterocycles. The molecule has 1 saturated carbocycles. The quantitative estimate of drug-likeness (QED) is 0.458. The lowest BCUT2D eigenvalue weighted by molar-refractivity contribution is 0.567. The van der Waals surface area contributed by atoms with Gasteiger partial charge in [-0.25, -0.2) is 4.83 Å². The van der Waals surface area contributed by atoms with Crippen molar-refractivity contribution >= 4 is 46.9 Å². The van der Waals surface area contributed by atoms with Crippen molar-refractivity contribution < 1.29 is 0 Å². The van der Waals surface area contributed by atoms with E-state index in [9.17, 15) is 0 Å². The van der Waals surface area contributed by atoms with E-state index in [1.807, 2.05) is 6.20 Å². The number of hydrazone groups is 1. The van der Waals surface area contributed by atoms with Gasteiger partial charge in [-0.1, -0.05) is 18.2 Å². The van der Waals surface area contributed by atoms with E-state index in [2.05, 4.69) is 66.5 Å². The largest absolute Gasteiger partial charge is 0.256 e. The predicted molar refractivity (Wildman–Crippen MR) is 95.1 cm³/mol. The molecular formula is C15H16IN3S. The molecule has 5 heteroatoms. The maximum absolute atomic E-state index is 4.45. The molecule has 0 unspecified atom stereocenters. The van der Waals surface area contributed by atoms with Crippen molar-refractivity contribution in [2.24, 2.45) is 5.10 Å². The molecule has 20 heavy (non-hydrogen) atoms. The van der Waals surface area contributed by atoms with Crippen LogP contribution >= 0.6 is 30.3 Å². The smallest absolute Gasteiger partial charge is 0.0704 e. The van der Waals surface area contributed by atoms with Gasteiger partial charge in [0.05, 0.1) is 5.52 Å². The summed E-state index contributed by atoms with van der Waals surface area (Å²) in [4.78, 5) is 7.44. The van der Waals surface area contributed by atoms with E-state index in [1.165, 1.54) is 38.6 Å². The first-order valence-corrected chi connectivity index (χ1v) is 10.2. The van der Waals surface area contributed by atoms with Crippen LogP contribution in [0.5, 0.6) is 0 Å². The van der Waals surface area contributed by atoms with E-state index >= 15 is 0 Å². The number of hydrogen-bond donors (Lipinski definition) is 1. The molecule has 1 heterocycles. The maximum atomic E-state index is 4.45. The zero-order valence-corrected chi connectivity index (χ0v) is 14.0. The first-order valence-electron chi connectivity index (χ1n) is 6.80. The monoisotopic (exact) mass is 397 g/mol.